The maximum absolute atomic E-state index is 12.6. The lowest BCUT2D eigenvalue weighted by Gasteiger charge is -2.52. The predicted octanol–water partition coefficient (Wildman–Crippen LogP) is 3.22. The minimum atomic E-state index is -1.08. The van der Waals surface area contributed by atoms with Crippen molar-refractivity contribution in [1.82, 2.24) is 5.32 Å². The lowest BCUT2D eigenvalue weighted by atomic mass is 9.62. The monoisotopic (exact) mass is 408 g/mol. The Labute approximate surface area is 178 Å². The van der Waals surface area contributed by atoms with Gasteiger partial charge in [-0.15, -0.1) is 12.3 Å². The van der Waals surface area contributed by atoms with Gasteiger partial charge in [0.2, 0.25) is 5.91 Å². The molecule has 0 aromatic heterocycles. The summed E-state index contributed by atoms with van der Waals surface area (Å²) in [7, 11) is 0. The molecule has 1 fully saturated rings. The fourth-order valence-corrected chi connectivity index (χ4v) is 4.68. The van der Waals surface area contributed by atoms with E-state index in [1.807, 2.05) is 0 Å². The van der Waals surface area contributed by atoms with Crippen LogP contribution in [-0.2, 0) is 4.79 Å². The van der Waals surface area contributed by atoms with Crippen LogP contribution >= 0.6 is 0 Å². The van der Waals surface area contributed by atoms with Crippen molar-refractivity contribution in [2.45, 2.75) is 103 Å². The van der Waals surface area contributed by atoms with E-state index in [2.05, 4.69) is 38.9 Å². The van der Waals surface area contributed by atoms with Crippen LogP contribution in [-0.4, -0.2) is 40.4 Å². The second-order valence-electron chi connectivity index (χ2n) is 9.77. The summed E-state index contributed by atoms with van der Waals surface area (Å²) in [4.78, 5) is 12.6. The fourth-order valence-electron chi connectivity index (χ4n) is 4.68. The Balaban J connectivity index is 3.19. The van der Waals surface area contributed by atoms with Gasteiger partial charge in [0.25, 0.3) is 0 Å². The van der Waals surface area contributed by atoms with Gasteiger partial charge in [0, 0.05) is 12.8 Å². The maximum Gasteiger partial charge on any atom is 0.220 e. The zero-order valence-electron chi connectivity index (χ0n) is 19.0. The zero-order valence-corrected chi connectivity index (χ0v) is 19.0. The van der Waals surface area contributed by atoms with Crippen molar-refractivity contribution in [1.29, 1.82) is 0 Å². The highest BCUT2D eigenvalue weighted by Gasteiger charge is 2.54. The number of hydrogen-bond donors (Lipinski definition) is 4. The number of rotatable bonds is 12. The van der Waals surface area contributed by atoms with Crippen molar-refractivity contribution in [2.75, 3.05) is 6.54 Å². The normalized spacial score (nSPS) is 29.8. The van der Waals surface area contributed by atoms with Crippen LogP contribution in [0, 0.1) is 36.0 Å². The largest absolute Gasteiger partial charge is 0.390 e. The van der Waals surface area contributed by atoms with Crippen LogP contribution in [0.3, 0.4) is 0 Å². The first-order chi connectivity index (χ1) is 13.7. The minimum absolute atomic E-state index is 0.0468. The predicted molar refractivity (Wildman–Crippen MR) is 119 cm³/mol. The van der Waals surface area contributed by atoms with Gasteiger partial charge < -0.3 is 21.3 Å². The highest BCUT2D eigenvalue weighted by molar-refractivity contribution is 5.77. The average molecular weight is 409 g/mol. The number of hydrogen-bond acceptors (Lipinski definition) is 4. The number of nitrogens with one attached hydrogen (secondary N) is 1. The van der Waals surface area contributed by atoms with E-state index in [1.54, 1.807) is 0 Å². The molecule has 168 valence electrons. The van der Waals surface area contributed by atoms with Crippen LogP contribution in [0.2, 0.25) is 0 Å². The molecule has 5 heteroatoms. The van der Waals surface area contributed by atoms with Gasteiger partial charge in [-0.2, -0.15) is 0 Å². The van der Waals surface area contributed by atoms with Gasteiger partial charge in [-0.1, -0.05) is 40.5 Å². The molecule has 0 aromatic carbocycles. The third-order valence-electron chi connectivity index (χ3n) is 6.45. The van der Waals surface area contributed by atoms with Crippen LogP contribution in [0.4, 0.5) is 0 Å². The molecule has 1 saturated carbocycles. The molecule has 0 saturated heterocycles. The van der Waals surface area contributed by atoms with Crippen molar-refractivity contribution in [3.8, 4) is 12.3 Å². The quantitative estimate of drug-likeness (QED) is 0.373. The molecule has 1 aliphatic rings. The molecule has 0 aromatic rings. The molecule has 0 heterocycles. The highest BCUT2D eigenvalue weighted by atomic mass is 16.3. The summed E-state index contributed by atoms with van der Waals surface area (Å²) in [6, 6.07) is 0. The molecule has 1 unspecified atom stereocenters. The third kappa shape index (κ3) is 7.59. The molecule has 0 radical (unpaired) electrons. The van der Waals surface area contributed by atoms with Crippen LogP contribution in [0.25, 0.3) is 0 Å². The number of terminal acetylenes is 1. The first kappa shape index (κ1) is 25.9. The van der Waals surface area contributed by atoms with Gasteiger partial charge in [-0.3, -0.25) is 4.79 Å². The van der Waals surface area contributed by atoms with Gasteiger partial charge in [0.15, 0.2) is 0 Å². The molecule has 1 rings (SSSR count). The first-order valence-corrected chi connectivity index (χ1v) is 11.5. The first-order valence-electron chi connectivity index (χ1n) is 11.5. The molecule has 29 heavy (non-hydrogen) atoms. The number of carbonyl (C=O) groups excluding carboxylic acids is 1. The Morgan fingerprint density at radius 1 is 1.14 bits per heavy atom. The van der Waals surface area contributed by atoms with Crippen molar-refractivity contribution in [3.05, 3.63) is 0 Å². The molecule has 1 aliphatic carbocycles. The van der Waals surface area contributed by atoms with Gasteiger partial charge >= 0.3 is 0 Å². The third-order valence-corrected chi connectivity index (χ3v) is 6.45. The number of aliphatic hydroxyl groups excluding tert-OH is 2. The summed E-state index contributed by atoms with van der Waals surface area (Å²) in [5, 5.41) is 25.8. The number of nitrogens with two attached hydrogens (primary N) is 1. The topological polar surface area (TPSA) is 95.6 Å². The summed E-state index contributed by atoms with van der Waals surface area (Å²) in [6.45, 7) is 9.16. The van der Waals surface area contributed by atoms with Gasteiger partial charge in [-0.25, -0.2) is 0 Å². The van der Waals surface area contributed by atoms with E-state index < -0.39 is 17.7 Å². The molecule has 5 nitrogen and oxygen atoms in total. The van der Waals surface area contributed by atoms with Crippen molar-refractivity contribution in [3.63, 3.8) is 0 Å². The average Bonchev–Trinajstić information content (AvgIpc) is 2.66. The van der Waals surface area contributed by atoms with Crippen molar-refractivity contribution >= 4 is 5.91 Å². The van der Waals surface area contributed by atoms with Crippen LogP contribution in [0.5, 0.6) is 0 Å². The highest BCUT2D eigenvalue weighted by Crippen LogP contribution is 2.44. The van der Waals surface area contributed by atoms with E-state index in [0.29, 0.717) is 44.1 Å². The van der Waals surface area contributed by atoms with Gasteiger partial charge in [0.1, 0.15) is 0 Å². The number of amides is 1. The lowest BCUT2D eigenvalue weighted by molar-refractivity contribution is -0.147. The van der Waals surface area contributed by atoms with E-state index in [9.17, 15) is 15.0 Å². The smallest absolute Gasteiger partial charge is 0.220 e. The van der Waals surface area contributed by atoms with E-state index in [4.69, 9.17) is 12.2 Å². The SMILES string of the molecule is C#CCCC1(NC(=O)CCCN)[C@H](O)[C@H](CCC(C)C)C[C@H](CCC(C)C)[C@@H]1O. The standard InChI is InChI=1S/C24H44N2O3/c1-6-7-14-24(26-21(27)9-8-15-25)22(28)19(12-10-17(2)3)16-20(23(24)29)13-11-18(4)5/h1,17-20,22-23,28-29H,7-16,25H2,2-5H3,(H,26,27)/t19-,20+,22-,23+,24?. The van der Waals surface area contributed by atoms with Gasteiger partial charge in [0.05, 0.1) is 17.7 Å². The van der Waals surface area contributed by atoms with E-state index in [1.165, 1.54) is 0 Å². The Bertz CT molecular complexity index is 503. The van der Waals surface area contributed by atoms with Crippen molar-refractivity contribution in [2.24, 2.45) is 29.4 Å². The fraction of sp³-hybridized carbons (Fsp3) is 0.875. The Morgan fingerprint density at radius 2 is 1.66 bits per heavy atom. The molecule has 5 atom stereocenters. The Kier molecular flexibility index (Phi) is 11.2. The molecule has 5 N–H and O–H groups in total. The second kappa shape index (κ2) is 12.6. The number of carbonyl (C=O) groups is 1. The zero-order chi connectivity index (χ0) is 22.0. The summed E-state index contributed by atoms with van der Waals surface area (Å²) in [5.74, 6) is 3.65. The Hall–Kier alpha value is -1.09. The summed E-state index contributed by atoms with van der Waals surface area (Å²) in [5.41, 5.74) is 4.47. The van der Waals surface area contributed by atoms with Crippen LogP contribution in [0.1, 0.15) is 85.5 Å². The van der Waals surface area contributed by atoms with Crippen molar-refractivity contribution < 1.29 is 15.0 Å². The molecule has 0 bridgehead atoms. The van der Waals surface area contributed by atoms with Gasteiger partial charge in [-0.05, 0) is 62.3 Å². The second-order valence-corrected chi connectivity index (χ2v) is 9.77. The summed E-state index contributed by atoms with van der Waals surface area (Å²) in [6.07, 6.45) is 10.2. The molecule has 1 amide bonds. The number of aliphatic hydroxyl groups is 2. The minimum Gasteiger partial charge on any atom is -0.390 e. The summed E-state index contributed by atoms with van der Waals surface area (Å²) >= 11 is 0. The lowest BCUT2D eigenvalue weighted by Crippen LogP contribution is -2.70. The molecular formula is C24H44N2O3. The van der Waals surface area contributed by atoms with E-state index in [-0.39, 0.29) is 17.7 Å². The Morgan fingerprint density at radius 3 is 2.07 bits per heavy atom. The van der Waals surface area contributed by atoms with E-state index in [0.717, 1.165) is 32.1 Å². The van der Waals surface area contributed by atoms with Crippen LogP contribution < -0.4 is 11.1 Å². The molecule has 0 spiro atoms. The molecular weight excluding hydrogens is 364 g/mol. The maximum atomic E-state index is 12.6. The summed E-state index contributed by atoms with van der Waals surface area (Å²) < 4.78 is 0. The van der Waals surface area contributed by atoms with Crippen LogP contribution in [0.15, 0.2) is 0 Å². The van der Waals surface area contributed by atoms with E-state index >= 15 is 0 Å². The molecule has 0 aliphatic heterocycles.